The fourth-order valence-electron chi connectivity index (χ4n) is 2.69. The van der Waals surface area contributed by atoms with Gasteiger partial charge in [-0.3, -0.25) is 0 Å². The molecule has 0 aliphatic carbocycles. The maximum Gasteiger partial charge on any atom is 0.355 e. The fraction of sp³-hybridized carbons (Fsp3) is 0.474. The lowest BCUT2D eigenvalue weighted by atomic mass is 10.1. The third kappa shape index (κ3) is 7.04. The number of unbranched alkanes of at least 4 members (excludes halogenated alkanes) is 1. The zero-order valence-electron chi connectivity index (χ0n) is 15.7. The molecule has 0 bridgehead atoms. The number of hydrogen-bond acceptors (Lipinski definition) is 5. The van der Waals surface area contributed by atoms with E-state index in [0.29, 0.717) is 30.9 Å². The highest BCUT2D eigenvalue weighted by molar-refractivity contribution is 7.88. The van der Waals surface area contributed by atoms with Gasteiger partial charge in [-0.1, -0.05) is 37.6 Å². The highest BCUT2D eigenvalue weighted by Crippen LogP contribution is 2.15. The minimum atomic E-state index is -3.33. The fourth-order valence-corrected chi connectivity index (χ4v) is 4.35. The molecule has 0 radical (unpaired) electrons. The first-order valence-corrected chi connectivity index (χ1v) is 11.7. The maximum atomic E-state index is 12.1. The van der Waals surface area contributed by atoms with Crippen molar-refractivity contribution in [1.82, 2.24) is 9.29 Å². The average molecular weight is 411 g/mol. The number of carboxylic acids is 1. The van der Waals surface area contributed by atoms with E-state index in [0.717, 1.165) is 24.8 Å². The average Bonchev–Trinajstić information content (AvgIpc) is 3.08. The van der Waals surface area contributed by atoms with Gasteiger partial charge in [0.05, 0.1) is 11.3 Å². The van der Waals surface area contributed by atoms with Crippen molar-refractivity contribution in [2.75, 3.05) is 12.8 Å². The lowest BCUT2D eigenvalue weighted by molar-refractivity contribution is 0.0691. The van der Waals surface area contributed by atoms with E-state index >= 15 is 0 Å². The SMILES string of the molecule is CCCCc1ccc(CN(CCCc2nc(C(=O)O)cs2)S(C)(=O)=O)cc1. The minimum Gasteiger partial charge on any atom is -0.476 e. The molecule has 0 saturated carbocycles. The zero-order valence-corrected chi connectivity index (χ0v) is 17.4. The molecule has 148 valence electrons. The van der Waals surface area contributed by atoms with Gasteiger partial charge in [-0.2, -0.15) is 4.31 Å². The first-order chi connectivity index (χ1) is 12.8. The highest BCUT2D eigenvalue weighted by Gasteiger charge is 2.17. The van der Waals surface area contributed by atoms with E-state index < -0.39 is 16.0 Å². The van der Waals surface area contributed by atoms with Crippen molar-refractivity contribution in [3.05, 3.63) is 51.5 Å². The Morgan fingerprint density at radius 2 is 1.81 bits per heavy atom. The van der Waals surface area contributed by atoms with Gasteiger partial charge in [-0.25, -0.2) is 18.2 Å². The molecule has 0 aliphatic heterocycles. The lowest BCUT2D eigenvalue weighted by Crippen LogP contribution is -2.30. The summed E-state index contributed by atoms with van der Waals surface area (Å²) in [7, 11) is -3.33. The van der Waals surface area contributed by atoms with Gasteiger partial charge in [0.2, 0.25) is 10.0 Å². The Kier molecular flexibility index (Phi) is 7.94. The molecule has 0 saturated heterocycles. The normalized spacial score (nSPS) is 11.8. The molecule has 1 aromatic heterocycles. The first-order valence-electron chi connectivity index (χ1n) is 9.00. The molecule has 1 aromatic carbocycles. The van der Waals surface area contributed by atoms with Gasteiger partial charge < -0.3 is 5.11 Å². The van der Waals surface area contributed by atoms with Crippen molar-refractivity contribution in [3.63, 3.8) is 0 Å². The second-order valence-electron chi connectivity index (χ2n) is 6.55. The zero-order chi connectivity index (χ0) is 19.9. The van der Waals surface area contributed by atoms with Crippen LogP contribution in [0.2, 0.25) is 0 Å². The van der Waals surface area contributed by atoms with Crippen molar-refractivity contribution in [3.8, 4) is 0 Å². The quantitative estimate of drug-likeness (QED) is 0.612. The van der Waals surface area contributed by atoms with E-state index in [2.05, 4.69) is 24.0 Å². The summed E-state index contributed by atoms with van der Waals surface area (Å²) in [6, 6.07) is 8.11. The number of aromatic carboxylic acids is 1. The third-order valence-corrected chi connectivity index (χ3v) is 6.40. The number of carboxylic acid groups (broad SMARTS) is 1. The summed E-state index contributed by atoms with van der Waals surface area (Å²) >= 11 is 1.29. The van der Waals surface area contributed by atoms with E-state index in [4.69, 9.17) is 5.11 Å². The monoisotopic (exact) mass is 410 g/mol. The van der Waals surface area contributed by atoms with Gasteiger partial charge in [0, 0.05) is 24.9 Å². The number of aromatic nitrogens is 1. The Morgan fingerprint density at radius 3 is 2.37 bits per heavy atom. The maximum absolute atomic E-state index is 12.1. The van der Waals surface area contributed by atoms with Gasteiger partial charge in [0.1, 0.15) is 0 Å². The highest BCUT2D eigenvalue weighted by atomic mass is 32.2. The van der Waals surface area contributed by atoms with Crippen molar-refractivity contribution < 1.29 is 18.3 Å². The van der Waals surface area contributed by atoms with Crippen molar-refractivity contribution >= 4 is 27.3 Å². The second kappa shape index (κ2) is 9.96. The molecule has 2 aromatic rings. The van der Waals surface area contributed by atoms with Crippen LogP contribution < -0.4 is 0 Å². The van der Waals surface area contributed by atoms with Gasteiger partial charge in [-0.15, -0.1) is 11.3 Å². The van der Waals surface area contributed by atoms with Gasteiger partial charge in [0.15, 0.2) is 5.69 Å². The van der Waals surface area contributed by atoms with Crippen molar-refractivity contribution in [2.24, 2.45) is 0 Å². The Bertz CT molecular complexity index is 845. The Morgan fingerprint density at radius 1 is 1.15 bits per heavy atom. The second-order valence-corrected chi connectivity index (χ2v) is 9.48. The number of aryl methyl sites for hydroxylation is 2. The topological polar surface area (TPSA) is 87.6 Å². The molecular weight excluding hydrogens is 384 g/mol. The molecule has 8 heteroatoms. The van der Waals surface area contributed by atoms with Crippen LogP contribution in [0.5, 0.6) is 0 Å². The molecule has 2 rings (SSSR count). The summed E-state index contributed by atoms with van der Waals surface area (Å²) in [6.45, 7) is 2.87. The summed E-state index contributed by atoms with van der Waals surface area (Å²) in [4.78, 5) is 14.9. The van der Waals surface area contributed by atoms with E-state index in [9.17, 15) is 13.2 Å². The van der Waals surface area contributed by atoms with Crippen LogP contribution in [-0.2, 0) is 29.4 Å². The molecule has 27 heavy (non-hydrogen) atoms. The van der Waals surface area contributed by atoms with Crippen LogP contribution in [0.25, 0.3) is 0 Å². The first kappa shape index (κ1) is 21.5. The van der Waals surface area contributed by atoms with Gasteiger partial charge >= 0.3 is 5.97 Å². The predicted molar refractivity (Wildman–Crippen MR) is 108 cm³/mol. The van der Waals surface area contributed by atoms with E-state index in [1.54, 1.807) is 0 Å². The number of nitrogens with zero attached hydrogens (tertiary/aromatic N) is 2. The number of benzene rings is 1. The van der Waals surface area contributed by atoms with Crippen LogP contribution in [0.15, 0.2) is 29.6 Å². The molecule has 6 nitrogen and oxygen atoms in total. The Hall–Kier alpha value is -1.77. The van der Waals surface area contributed by atoms with Crippen molar-refractivity contribution in [2.45, 2.75) is 45.6 Å². The number of thiazole rings is 1. The van der Waals surface area contributed by atoms with E-state index in [1.807, 2.05) is 12.1 Å². The Labute approximate surface area is 164 Å². The van der Waals surface area contributed by atoms with Crippen LogP contribution in [0, 0.1) is 0 Å². The summed E-state index contributed by atoms with van der Waals surface area (Å²) in [5.41, 5.74) is 2.27. The molecule has 1 N–H and O–H groups in total. The summed E-state index contributed by atoms with van der Waals surface area (Å²) in [5, 5.41) is 11.1. The largest absolute Gasteiger partial charge is 0.476 e. The molecule has 0 amide bonds. The number of sulfonamides is 1. The summed E-state index contributed by atoms with van der Waals surface area (Å²) in [5.74, 6) is -1.04. The predicted octanol–water partition coefficient (Wildman–Crippen LogP) is 3.58. The lowest BCUT2D eigenvalue weighted by Gasteiger charge is -2.20. The van der Waals surface area contributed by atoms with Crippen LogP contribution in [-0.4, -0.2) is 41.6 Å². The minimum absolute atomic E-state index is 0.0399. The van der Waals surface area contributed by atoms with Gasteiger partial charge in [0.25, 0.3) is 0 Å². The van der Waals surface area contributed by atoms with Crippen molar-refractivity contribution in [1.29, 1.82) is 0 Å². The van der Waals surface area contributed by atoms with Crippen LogP contribution in [0.3, 0.4) is 0 Å². The molecule has 0 fully saturated rings. The van der Waals surface area contributed by atoms with Gasteiger partial charge in [-0.05, 0) is 30.4 Å². The molecule has 0 spiro atoms. The molecule has 1 heterocycles. The summed E-state index contributed by atoms with van der Waals surface area (Å²) in [6.07, 6.45) is 5.70. The number of rotatable bonds is 11. The number of carbonyl (C=O) groups is 1. The smallest absolute Gasteiger partial charge is 0.355 e. The molecule has 0 atom stereocenters. The Balaban J connectivity index is 1.93. The number of hydrogen-bond donors (Lipinski definition) is 1. The molecule has 0 unspecified atom stereocenters. The van der Waals surface area contributed by atoms with Crippen LogP contribution in [0.4, 0.5) is 0 Å². The molecular formula is C19H26N2O4S2. The van der Waals surface area contributed by atoms with E-state index in [-0.39, 0.29) is 5.69 Å². The van der Waals surface area contributed by atoms with Crippen LogP contribution in [0.1, 0.15) is 52.8 Å². The van der Waals surface area contributed by atoms with Crippen LogP contribution >= 0.6 is 11.3 Å². The van der Waals surface area contributed by atoms with E-state index in [1.165, 1.54) is 32.8 Å². The standard InChI is InChI=1S/C19H26N2O4S2/c1-3-4-6-15-8-10-16(11-9-15)13-21(27(2,24)25)12-5-7-18-20-17(14-26-18)19(22)23/h8-11,14H,3-7,12-13H2,1-2H3,(H,22,23). The molecule has 0 aliphatic rings. The third-order valence-electron chi connectivity index (χ3n) is 4.24. The summed E-state index contributed by atoms with van der Waals surface area (Å²) < 4.78 is 25.7.